The first-order valence-corrected chi connectivity index (χ1v) is 8.54. The molecular formula is C18H27N3O. The second-order valence-corrected chi connectivity index (χ2v) is 6.84. The first-order valence-electron chi connectivity index (χ1n) is 8.54. The van der Waals surface area contributed by atoms with Gasteiger partial charge in [0.2, 0.25) is 5.89 Å². The van der Waals surface area contributed by atoms with Gasteiger partial charge in [-0.25, -0.2) is 0 Å². The fourth-order valence-corrected chi connectivity index (χ4v) is 3.66. The highest BCUT2D eigenvalue weighted by atomic mass is 16.5. The molecule has 2 fully saturated rings. The molecule has 0 spiro atoms. The van der Waals surface area contributed by atoms with E-state index in [1.807, 2.05) is 12.2 Å². The zero-order valence-electron chi connectivity index (χ0n) is 13.5. The standard InChI is InChI=1S/C18H27N3O/c1-3-9-18(10-4-2)11-5-6-12-21(18)14-17-19-16(20-22-17)13-15-7-8-15/h3-4,15H,1-2,5-14H2. The van der Waals surface area contributed by atoms with Crippen molar-refractivity contribution in [2.24, 2.45) is 5.92 Å². The van der Waals surface area contributed by atoms with Gasteiger partial charge in [-0.05, 0) is 51.0 Å². The van der Waals surface area contributed by atoms with Crippen molar-refractivity contribution in [2.75, 3.05) is 6.54 Å². The Hall–Kier alpha value is -1.42. The predicted molar refractivity (Wildman–Crippen MR) is 87.3 cm³/mol. The molecule has 4 heteroatoms. The lowest BCUT2D eigenvalue weighted by Gasteiger charge is -2.46. The Morgan fingerprint density at radius 2 is 2.00 bits per heavy atom. The summed E-state index contributed by atoms with van der Waals surface area (Å²) in [6, 6.07) is 0. The van der Waals surface area contributed by atoms with E-state index >= 15 is 0 Å². The third-order valence-electron chi connectivity index (χ3n) is 5.04. The van der Waals surface area contributed by atoms with E-state index in [0.717, 1.165) is 50.0 Å². The van der Waals surface area contributed by atoms with Gasteiger partial charge in [-0.15, -0.1) is 13.2 Å². The molecule has 0 unspecified atom stereocenters. The predicted octanol–water partition coefficient (Wildman–Crippen LogP) is 3.90. The second kappa shape index (κ2) is 6.78. The molecule has 0 amide bonds. The molecule has 0 aromatic carbocycles. The second-order valence-electron chi connectivity index (χ2n) is 6.84. The quantitative estimate of drug-likeness (QED) is 0.683. The van der Waals surface area contributed by atoms with Gasteiger partial charge in [0.1, 0.15) is 0 Å². The fourth-order valence-electron chi connectivity index (χ4n) is 3.66. The summed E-state index contributed by atoms with van der Waals surface area (Å²) in [6.07, 6.45) is 13.4. The number of likely N-dealkylation sites (tertiary alicyclic amines) is 1. The van der Waals surface area contributed by atoms with Gasteiger partial charge in [-0.2, -0.15) is 4.98 Å². The third kappa shape index (κ3) is 3.49. The highest BCUT2D eigenvalue weighted by molar-refractivity contribution is 5.03. The number of hydrogen-bond donors (Lipinski definition) is 0. The Morgan fingerprint density at radius 3 is 2.68 bits per heavy atom. The molecule has 1 aliphatic carbocycles. The maximum absolute atomic E-state index is 5.49. The summed E-state index contributed by atoms with van der Waals surface area (Å²) in [5, 5.41) is 4.15. The molecule has 1 aromatic rings. The molecule has 0 N–H and O–H groups in total. The normalized spacial score (nSPS) is 21.6. The number of rotatable bonds is 8. The first-order chi connectivity index (χ1) is 10.8. The van der Waals surface area contributed by atoms with Gasteiger partial charge < -0.3 is 4.52 Å². The molecule has 0 bridgehead atoms. The summed E-state index contributed by atoms with van der Waals surface area (Å²) in [6.45, 7) is 9.74. The molecule has 0 radical (unpaired) electrons. The topological polar surface area (TPSA) is 42.2 Å². The van der Waals surface area contributed by atoms with Crippen LogP contribution in [0.1, 0.15) is 56.7 Å². The monoisotopic (exact) mass is 301 g/mol. The number of hydrogen-bond acceptors (Lipinski definition) is 4. The fraction of sp³-hybridized carbons (Fsp3) is 0.667. The minimum atomic E-state index is 0.132. The van der Waals surface area contributed by atoms with Crippen molar-refractivity contribution in [3.8, 4) is 0 Å². The zero-order chi connectivity index (χ0) is 15.4. The van der Waals surface area contributed by atoms with Crippen LogP contribution in [0.2, 0.25) is 0 Å². The molecule has 1 saturated carbocycles. The van der Waals surface area contributed by atoms with E-state index < -0.39 is 0 Å². The SMILES string of the molecule is C=CCC1(CC=C)CCCCN1Cc1nc(CC2CC2)no1. The van der Waals surface area contributed by atoms with Gasteiger partial charge in [-0.3, -0.25) is 4.90 Å². The van der Waals surface area contributed by atoms with Crippen LogP contribution in [-0.2, 0) is 13.0 Å². The van der Waals surface area contributed by atoms with Crippen molar-refractivity contribution in [3.05, 3.63) is 37.0 Å². The molecule has 1 aliphatic heterocycles. The molecule has 3 rings (SSSR count). The third-order valence-corrected chi connectivity index (χ3v) is 5.04. The molecule has 4 nitrogen and oxygen atoms in total. The van der Waals surface area contributed by atoms with Crippen molar-refractivity contribution in [3.63, 3.8) is 0 Å². The Kier molecular flexibility index (Phi) is 4.77. The minimum Gasteiger partial charge on any atom is -0.338 e. The summed E-state index contributed by atoms with van der Waals surface area (Å²) < 4.78 is 5.49. The van der Waals surface area contributed by atoms with E-state index in [-0.39, 0.29) is 5.54 Å². The maximum Gasteiger partial charge on any atom is 0.240 e. The van der Waals surface area contributed by atoms with Gasteiger partial charge >= 0.3 is 0 Å². The lowest BCUT2D eigenvalue weighted by molar-refractivity contribution is 0.0337. The molecule has 2 heterocycles. The van der Waals surface area contributed by atoms with Gasteiger partial charge in [0, 0.05) is 12.0 Å². The number of aromatic nitrogens is 2. The average Bonchev–Trinajstić information content (AvgIpc) is 3.21. The van der Waals surface area contributed by atoms with E-state index in [0.29, 0.717) is 0 Å². The van der Waals surface area contributed by atoms with Crippen molar-refractivity contribution in [1.29, 1.82) is 0 Å². The average molecular weight is 301 g/mol. The van der Waals surface area contributed by atoms with Gasteiger partial charge in [0.05, 0.1) is 6.54 Å². The summed E-state index contributed by atoms with van der Waals surface area (Å²) in [4.78, 5) is 7.11. The summed E-state index contributed by atoms with van der Waals surface area (Å²) in [7, 11) is 0. The molecule has 2 aliphatic rings. The smallest absolute Gasteiger partial charge is 0.240 e. The van der Waals surface area contributed by atoms with E-state index in [1.54, 1.807) is 0 Å². The highest BCUT2D eigenvalue weighted by Crippen LogP contribution is 2.36. The van der Waals surface area contributed by atoms with Crippen LogP contribution in [0, 0.1) is 5.92 Å². The highest BCUT2D eigenvalue weighted by Gasteiger charge is 2.37. The lowest BCUT2D eigenvalue weighted by Crippen LogP contribution is -2.50. The molecule has 0 atom stereocenters. The van der Waals surface area contributed by atoms with Crippen LogP contribution in [0.15, 0.2) is 29.8 Å². The van der Waals surface area contributed by atoms with Gasteiger partial charge in [0.25, 0.3) is 0 Å². The lowest BCUT2D eigenvalue weighted by atomic mass is 9.81. The van der Waals surface area contributed by atoms with Gasteiger partial charge in [0.15, 0.2) is 5.82 Å². The van der Waals surface area contributed by atoms with Crippen LogP contribution in [0.25, 0.3) is 0 Å². The first kappa shape index (κ1) is 15.5. The Bertz CT molecular complexity index is 508. The van der Waals surface area contributed by atoms with Crippen LogP contribution in [0.3, 0.4) is 0 Å². The number of piperidine rings is 1. The molecule has 120 valence electrons. The summed E-state index contributed by atoms with van der Waals surface area (Å²) >= 11 is 0. The molecule has 1 aromatic heterocycles. The Labute approximate surface area is 133 Å². The van der Waals surface area contributed by atoms with Crippen LogP contribution in [-0.4, -0.2) is 27.1 Å². The molecular weight excluding hydrogens is 274 g/mol. The van der Waals surface area contributed by atoms with E-state index in [9.17, 15) is 0 Å². The van der Waals surface area contributed by atoms with Crippen molar-refractivity contribution in [2.45, 2.75) is 63.5 Å². The maximum atomic E-state index is 5.49. The van der Waals surface area contributed by atoms with Crippen molar-refractivity contribution in [1.82, 2.24) is 15.0 Å². The van der Waals surface area contributed by atoms with E-state index in [4.69, 9.17) is 4.52 Å². The number of nitrogens with zero attached hydrogens (tertiary/aromatic N) is 3. The van der Waals surface area contributed by atoms with Crippen molar-refractivity contribution >= 4 is 0 Å². The molecule has 22 heavy (non-hydrogen) atoms. The summed E-state index contributed by atoms with van der Waals surface area (Å²) in [5.41, 5.74) is 0.132. The van der Waals surface area contributed by atoms with E-state index in [2.05, 4.69) is 28.2 Å². The Balaban J connectivity index is 1.70. The van der Waals surface area contributed by atoms with Gasteiger partial charge in [-0.1, -0.05) is 23.7 Å². The largest absolute Gasteiger partial charge is 0.338 e. The van der Waals surface area contributed by atoms with Crippen LogP contribution >= 0.6 is 0 Å². The minimum absolute atomic E-state index is 0.132. The summed E-state index contributed by atoms with van der Waals surface area (Å²) in [5.74, 6) is 2.43. The van der Waals surface area contributed by atoms with Crippen molar-refractivity contribution < 1.29 is 4.52 Å². The van der Waals surface area contributed by atoms with E-state index in [1.165, 1.54) is 32.1 Å². The van der Waals surface area contributed by atoms with Crippen LogP contribution in [0.4, 0.5) is 0 Å². The van der Waals surface area contributed by atoms with Crippen LogP contribution < -0.4 is 0 Å². The van der Waals surface area contributed by atoms with Crippen LogP contribution in [0.5, 0.6) is 0 Å². The Morgan fingerprint density at radius 1 is 1.23 bits per heavy atom. The molecule has 1 saturated heterocycles. The zero-order valence-corrected chi connectivity index (χ0v) is 13.5.